The molecule has 0 saturated carbocycles. The van der Waals surface area contributed by atoms with Crippen molar-refractivity contribution >= 4 is 24.8 Å². The summed E-state index contributed by atoms with van der Waals surface area (Å²) in [6.07, 6.45) is 0.403. The van der Waals surface area contributed by atoms with E-state index in [0.717, 1.165) is 11.3 Å². The zero-order valence-electron chi connectivity index (χ0n) is 11.0. The second-order valence-electron chi connectivity index (χ2n) is 4.00. The normalized spacial score (nSPS) is 12.6. The van der Waals surface area contributed by atoms with Gasteiger partial charge in [0.25, 0.3) is 0 Å². The Morgan fingerprint density at radius 1 is 1.37 bits per heavy atom. The summed E-state index contributed by atoms with van der Waals surface area (Å²) >= 11 is 0. The first kappa shape index (κ1) is 16.7. The van der Waals surface area contributed by atoms with Crippen LogP contribution in [-0.2, 0) is 15.8 Å². The third-order valence-electron chi connectivity index (χ3n) is 2.56. The summed E-state index contributed by atoms with van der Waals surface area (Å²) in [6.45, 7) is 0.932. The van der Waals surface area contributed by atoms with Crippen LogP contribution in [-0.4, -0.2) is 47.6 Å². The minimum absolute atomic E-state index is 0.0248. The first-order valence-electron chi connectivity index (χ1n) is 6.01. The van der Waals surface area contributed by atoms with Crippen molar-refractivity contribution in [2.45, 2.75) is 19.1 Å². The zero-order valence-corrected chi connectivity index (χ0v) is 13.2. The van der Waals surface area contributed by atoms with Crippen LogP contribution < -0.4 is 4.74 Å². The number of aliphatic hydroxyl groups is 1. The number of hydrogen-bond acceptors (Lipinski definition) is 4. The molecule has 0 aliphatic rings. The topological polar surface area (TPSA) is 47.9 Å². The highest BCUT2D eigenvalue weighted by Crippen LogP contribution is 2.13. The van der Waals surface area contributed by atoms with E-state index in [-0.39, 0.29) is 12.7 Å². The van der Waals surface area contributed by atoms with Crippen molar-refractivity contribution in [1.82, 2.24) is 0 Å². The largest absolute Gasteiger partial charge is 0.497 e. The monoisotopic (exact) mass is 297 g/mol. The van der Waals surface area contributed by atoms with E-state index in [4.69, 9.17) is 21.3 Å². The Balaban J connectivity index is 2.31. The van der Waals surface area contributed by atoms with Crippen LogP contribution in [0.4, 0.5) is 0 Å². The van der Waals surface area contributed by atoms with Crippen LogP contribution in [0.25, 0.3) is 0 Å². The summed E-state index contributed by atoms with van der Waals surface area (Å²) in [5, 5.41) is 9.22. The molecule has 2 atom stereocenters. The Bertz CT molecular complexity index is 350. The lowest BCUT2D eigenvalue weighted by molar-refractivity contribution is -0.00846. The van der Waals surface area contributed by atoms with E-state index in [1.807, 2.05) is 24.3 Å². The van der Waals surface area contributed by atoms with Gasteiger partial charge in [0, 0.05) is 6.61 Å². The lowest BCUT2D eigenvalue weighted by Gasteiger charge is -2.16. The van der Waals surface area contributed by atoms with E-state index in [2.05, 4.69) is 8.79 Å². The summed E-state index contributed by atoms with van der Waals surface area (Å²) in [4.78, 5) is 0. The second kappa shape index (κ2) is 9.51. The van der Waals surface area contributed by atoms with Gasteiger partial charge in [-0.2, -0.15) is 0 Å². The fourth-order valence-corrected chi connectivity index (χ4v) is 2.18. The minimum atomic E-state index is -1.25. The Morgan fingerprint density at radius 2 is 2.05 bits per heavy atom. The van der Waals surface area contributed by atoms with Crippen LogP contribution in [0.5, 0.6) is 5.75 Å². The van der Waals surface area contributed by atoms with Gasteiger partial charge in [-0.25, -0.2) is 0 Å². The van der Waals surface area contributed by atoms with Crippen LogP contribution in [0.15, 0.2) is 24.3 Å². The highest BCUT2D eigenvalue weighted by Gasteiger charge is 2.09. The Labute approximate surface area is 119 Å². The van der Waals surface area contributed by atoms with Gasteiger partial charge in [-0.15, -0.1) is 8.79 Å². The van der Waals surface area contributed by atoms with E-state index in [0.29, 0.717) is 19.6 Å². The predicted molar refractivity (Wildman–Crippen MR) is 80.4 cm³/mol. The van der Waals surface area contributed by atoms with Crippen molar-refractivity contribution in [3.05, 3.63) is 29.8 Å². The first-order chi connectivity index (χ1) is 9.15. The molecule has 1 aromatic carbocycles. The first-order valence-corrected chi connectivity index (χ1v) is 9.31. The van der Waals surface area contributed by atoms with Gasteiger partial charge in [0.1, 0.15) is 5.75 Å². The van der Waals surface area contributed by atoms with Gasteiger partial charge < -0.3 is 19.0 Å². The van der Waals surface area contributed by atoms with E-state index in [9.17, 15) is 5.11 Å². The summed E-state index contributed by atoms with van der Waals surface area (Å²) in [5.74, 6) is 0.814. The Morgan fingerprint density at radius 3 is 2.58 bits per heavy atom. The average Bonchev–Trinajstić information content (AvgIpc) is 2.42. The average molecular weight is 297 g/mol. The van der Waals surface area contributed by atoms with Crippen LogP contribution in [0.1, 0.15) is 12.0 Å². The van der Waals surface area contributed by atoms with E-state index < -0.39 is 8.58 Å². The van der Waals surface area contributed by atoms with Crippen molar-refractivity contribution in [1.29, 1.82) is 0 Å². The molecular weight excluding hydrogens is 278 g/mol. The van der Waals surface area contributed by atoms with Gasteiger partial charge in [-0.05, 0) is 24.1 Å². The molecule has 0 aliphatic heterocycles. The second-order valence-corrected chi connectivity index (χ2v) is 6.80. The van der Waals surface area contributed by atoms with Crippen LogP contribution >= 0.6 is 8.79 Å². The summed E-state index contributed by atoms with van der Waals surface area (Å²) in [6, 6.07) is 7.64. The molecule has 0 aromatic heterocycles. The molecule has 103 valence electrons. The van der Waals surface area contributed by atoms with Gasteiger partial charge in [-0.3, -0.25) is 0 Å². The third kappa shape index (κ3) is 7.09. The molecule has 0 amide bonds. The number of rotatable bonds is 9. The van der Waals surface area contributed by atoms with Crippen molar-refractivity contribution in [2.75, 3.05) is 20.3 Å². The van der Waals surface area contributed by atoms with Gasteiger partial charge in [-0.1, -0.05) is 12.1 Å². The van der Waals surface area contributed by atoms with Crippen LogP contribution in [0.3, 0.4) is 0 Å². The van der Waals surface area contributed by atoms with Gasteiger partial charge in [0.2, 0.25) is 0 Å². The zero-order chi connectivity index (χ0) is 14.1. The van der Waals surface area contributed by atoms with E-state index in [1.54, 1.807) is 7.11 Å². The van der Waals surface area contributed by atoms with Gasteiger partial charge in [0.05, 0.1) is 33.9 Å². The lowest BCUT2D eigenvalue weighted by Crippen LogP contribution is -2.22. The molecule has 0 aliphatic carbocycles. The number of ether oxygens (including phenoxy) is 2. The minimum Gasteiger partial charge on any atom is -0.497 e. The molecule has 1 rings (SSSR count). The molecule has 7 heteroatoms. The molecule has 4 nitrogen and oxygen atoms in total. The van der Waals surface area contributed by atoms with Crippen molar-refractivity contribution in [2.24, 2.45) is 0 Å². The molecule has 1 aromatic rings. The summed E-state index contributed by atoms with van der Waals surface area (Å²) in [7, 11) is 8.38. The third-order valence-corrected chi connectivity index (χ3v) is 3.59. The fraction of sp³-hybridized carbons (Fsp3) is 0.500. The lowest BCUT2D eigenvalue weighted by atomic mass is 10.2. The van der Waals surface area contributed by atoms with Crippen molar-refractivity contribution in [3.8, 4) is 5.75 Å². The molecule has 0 spiro atoms. The maximum atomic E-state index is 9.22. The Kier molecular flexibility index (Phi) is 8.34. The molecule has 0 heterocycles. The quantitative estimate of drug-likeness (QED) is 0.546. The molecule has 1 N–H and O–H groups in total. The Hall–Kier alpha value is -0.388. The molecule has 19 heavy (non-hydrogen) atoms. The molecular formula is C12H19BO4PSi. The summed E-state index contributed by atoms with van der Waals surface area (Å²) < 4.78 is 16.0. The smallest absolute Gasteiger partial charge is 0.175 e. The van der Waals surface area contributed by atoms with Gasteiger partial charge in [0.15, 0.2) is 8.58 Å². The predicted octanol–water partition coefficient (Wildman–Crippen LogP) is 1.01. The highest BCUT2D eigenvalue weighted by molar-refractivity contribution is 7.70. The van der Waals surface area contributed by atoms with E-state index >= 15 is 0 Å². The van der Waals surface area contributed by atoms with Crippen LogP contribution in [0.2, 0.25) is 0 Å². The number of hydrogen-bond donors (Lipinski definition) is 1. The maximum absolute atomic E-state index is 9.22. The van der Waals surface area contributed by atoms with Crippen molar-refractivity contribution < 1.29 is 19.0 Å². The maximum Gasteiger partial charge on any atom is 0.175 e. The van der Waals surface area contributed by atoms with E-state index in [1.165, 1.54) is 0 Å². The number of methoxy groups -OCH3 is 1. The molecule has 0 fully saturated rings. The molecule has 2 unspecified atom stereocenters. The molecule has 0 saturated heterocycles. The molecule has 3 radical (unpaired) electrons. The fourth-order valence-electron chi connectivity index (χ4n) is 1.47. The highest BCUT2D eigenvalue weighted by atomic mass is 31.3. The van der Waals surface area contributed by atoms with Crippen LogP contribution in [0, 0.1) is 0 Å². The SMILES string of the molecule is [B][Si](P)OCCC(CO)OCc1ccc(OC)cc1. The summed E-state index contributed by atoms with van der Waals surface area (Å²) in [5.41, 5.74) is 1.04. The number of benzene rings is 1. The van der Waals surface area contributed by atoms with Crippen molar-refractivity contribution in [3.63, 3.8) is 0 Å². The molecule has 0 bridgehead atoms. The standard InChI is InChI=1S/C12H19BO4PSi/c1-15-11-4-2-10(3-5-11)9-16-12(8-14)6-7-17-19(13)18/h2-5,12,14H,6-9,18H2,1H3. The van der Waals surface area contributed by atoms with Gasteiger partial charge >= 0.3 is 0 Å². The number of aliphatic hydroxyl groups excluding tert-OH is 1.